The molecule has 0 spiro atoms. The first kappa shape index (κ1) is 13.9. The number of nitrogens with zero attached hydrogens (tertiary/aromatic N) is 2. The van der Waals surface area contributed by atoms with Gasteiger partial charge in [0.1, 0.15) is 11.4 Å². The number of nitrogens with one attached hydrogen (secondary N) is 1. The van der Waals surface area contributed by atoms with Crippen molar-refractivity contribution in [2.75, 3.05) is 11.9 Å². The molecule has 5 heteroatoms. The van der Waals surface area contributed by atoms with Crippen LogP contribution in [0, 0.1) is 0 Å². The quantitative estimate of drug-likeness (QED) is 0.885. The number of anilines is 1. The van der Waals surface area contributed by atoms with Crippen molar-refractivity contribution in [2.45, 2.75) is 39.0 Å². The Kier molecular flexibility index (Phi) is 3.59. The molecule has 112 valence electrons. The van der Waals surface area contributed by atoms with E-state index in [0.29, 0.717) is 13.1 Å². The van der Waals surface area contributed by atoms with Gasteiger partial charge in [0.2, 0.25) is 0 Å². The molecule has 0 bridgehead atoms. The molecule has 5 nitrogen and oxygen atoms in total. The van der Waals surface area contributed by atoms with E-state index in [9.17, 15) is 0 Å². The number of rotatable bonds is 5. The number of benzene rings is 1. The molecule has 0 fully saturated rings. The highest BCUT2D eigenvalue weighted by Crippen LogP contribution is 2.37. The number of aliphatic hydroxyl groups is 1. The number of para-hydroxylation sites is 1. The summed E-state index contributed by atoms with van der Waals surface area (Å²) < 4.78 is 7.78. The number of ether oxygens (including phenoxy) is 1. The van der Waals surface area contributed by atoms with E-state index in [1.807, 2.05) is 6.20 Å². The van der Waals surface area contributed by atoms with E-state index in [-0.39, 0.29) is 12.2 Å². The highest BCUT2D eigenvalue weighted by atomic mass is 16.5. The molecule has 2 heterocycles. The summed E-state index contributed by atoms with van der Waals surface area (Å²) in [5.74, 6) is 1.01. The molecule has 1 aliphatic heterocycles. The summed E-state index contributed by atoms with van der Waals surface area (Å²) in [5.41, 5.74) is 3.26. The van der Waals surface area contributed by atoms with E-state index in [4.69, 9.17) is 9.84 Å². The van der Waals surface area contributed by atoms with Crippen molar-refractivity contribution < 1.29 is 9.84 Å². The number of hydrogen-bond acceptors (Lipinski definition) is 4. The third-order valence-electron chi connectivity index (χ3n) is 3.62. The van der Waals surface area contributed by atoms with Crippen LogP contribution in [0.4, 0.5) is 5.69 Å². The summed E-state index contributed by atoms with van der Waals surface area (Å²) in [5, 5.41) is 16.4. The van der Waals surface area contributed by atoms with E-state index in [1.165, 1.54) is 5.56 Å². The summed E-state index contributed by atoms with van der Waals surface area (Å²) in [4.78, 5) is 0. The second-order valence-electron chi connectivity index (χ2n) is 6.01. The predicted octanol–water partition coefficient (Wildman–Crippen LogP) is 2.20. The molecule has 0 unspecified atom stereocenters. The Labute approximate surface area is 124 Å². The Morgan fingerprint density at radius 2 is 2.29 bits per heavy atom. The molecule has 1 aromatic carbocycles. The predicted molar refractivity (Wildman–Crippen MR) is 81.5 cm³/mol. The van der Waals surface area contributed by atoms with Gasteiger partial charge >= 0.3 is 0 Å². The molecule has 0 amide bonds. The lowest BCUT2D eigenvalue weighted by Gasteiger charge is -2.18. The molecule has 0 radical (unpaired) electrons. The third kappa shape index (κ3) is 3.03. The fourth-order valence-electron chi connectivity index (χ4n) is 2.70. The van der Waals surface area contributed by atoms with Gasteiger partial charge in [0.05, 0.1) is 25.0 Å². The van der Waals surface area contributed by atoms with Gasteiger partial charge in [0.25, 0.3) is 0 Å². The molecule has 21 heavy (non-hydrogen) atoms. The maximum atomic E-state index is 8.89. The summed E-state index contributed by atoms with van der Waals surface area (Å²) >= 11 is 0. The van der Waals surface area contributed by atoms with Crippen LogP contribution in [0.5, 0.6) is 5.75 Å². The van der Waals surface area contributed by atoms with Crippen LogP contribution >= 0.6 is 0 Å². The minimum Gasteiger partial charge on any atom is -0.487 e. The van der Waals surface area contributed by atoms with Crippen LogP contribution in [0.15, 0.2) is 30.6 Å². The van der Waals surface area contributed by atoms with Gasteiger partial charge in [-0.25, -0.2) is 0 Å². The maximum Gasteiger partial charge on any atom is 0.128 e. The Balaban J connectivity index is 1.70. The second kappa shape index (κ2) is 5.41. The lowest BCUT2D eigenvalue weighted by molar-refractivity contribution is 0.137. The molecule has 1 aromatic heterocycles. The number of fused-ring (bicyclic) bond motifs is 1. The van der Waals surface area contributed by atoms with Crippen LogP contribution in [0.2, 0.25) is 0 Å². The van der Waals surface area contributed by atoms with E-state index in [2.05, 4.69) is 42.5 Å². The zero-order valence-electron chi connectivity index (χ0n) is 12.5. The molecular formula is C16H21N3O2. The maximum absolute atomic E-state index is 8.89. The first-order valence-corrected chi connectivity index (χ1v) is 7.24. The fraction of sp³-hybridized carbons (Fsp3) is 0.438. The summed E-state index contributed by atoms with van der Waals surface area (Å²) in [6.45, 7) is 5.53. The van der Waals surface area contributed by atoms with Crippen molar-refractivity contribution in [2.24, 2.45) is 0 Å². The van der Waals surface area contributed by atoms with Crippen molar-refractivity contribution in [3.8, 4) is 5.75 Å². The Morgan fingerprint density at radius 3 is 3.10 bits per heavy atom. The van der Waals surface area contributed by atoms with Crippen molar-refractivity contribution in [1.29, 1.82) is 0 Å². The molecule has 2 aromatic rings. The standard InChI is InChI=1S/C16H21N3O2/c1-16(2)8-12-4-3-5-13(15(12)21-16)9-17-14-10-18-19(11-14)6-7-20/h3-5,10-11,17,20H,6-9H2,1-2H3. The molecular weight excluding hydrogens is 266 g/mol. The molecule has 0 aliphatic carbocycles. The second-order valence-corrected chi connectivity index (χ2v) is 6.01. The summed E-state index contributed by atoms with van der Waals surface area (Å²) in [7, 11) is 0. The average molecular weight is 287 g/mol. The highest BCUT2D eigenvalue weighted by molar-refractivity contribution is 5.48. The molecule has 0 saturated heterocycles. The van der Waals surface area contributed by atoms with Gasteiger partial charge in [-0.3, -0.25) is 4.68 Å². The van der Waals surface area contributed by atoms with Crippen molar-refractivity contribution in [1.82, 2.24) is 9.78 Å². The third-order valence-corrected chi connectivity index (χ3v) is 3.62. The molecule has 0 saturated carbocycles. The molecule has 1 aliphatic rings. The van der Waals surface area contributed by atoms with Crippen molar-refractivity contribution in [3.63, 3.8) is 0 Å². The Bertz CT molecular complexity index is 634. The number of aliphatic hydroxyl groups excluding tert-OH is 1. The van der Waals surface area contributed by atoms with Crippen LogP contribution < -0.4 is 10.1 Å². The van der Waals surface area contributed by atoms with Crippen LogP contribution in [-0.4, -0.2) is 27.1 Å². The van der Waals surface area contributed by atoms with E-state index in [1.54, 1.807) is 10.9 Å². The number of aromatic nitrogens is 2. The van der Waals surface area contributed by atoms with Gasteiger partial charge in [-0.05, 0) is 19.4 Å². The fourth-order valence-corrected chi connectivity index (χ4v) is 2.70. The zero-order chi connectivity index (χ0) is 14.9. The van der Waals surface area contributed by atoms with Crippen molar-refractivity contribution >= 4 is 5.69 Å². The van der Waals surface area contributed by atoms with Crippen molar-refractivity contribution in [3.05, 3.63) is 41.7 Å². The lowest BCUT2D eigenvalue weighted by atomic mass is 10.0. The van der Waals surface area contributed by atoms with Gasteiger partial charge in [-0.2, -0.15) is 5.10 Å². The SMILES string of the molecule is CC1(C)Cc2cccc(CNc3cnn(CCO)c3)c2O1. The van der Waals surface area contributed by atoms with E-state index >= 15 is 0 Å². The molecule has 0 atom stereocenters. The minimum absolute atomic E-state index is 0.0935. The highest BCUT2D eigenvalue weighted by Gasteiger charge is 2.31. The summed E-state index contributed by atoms with van der Waals surface area (Å²) in [6.07, 6.45) is 4.61. The number of hydrogen-bond donors (Lipinski definition) is 2. The van der Waals surface area contributed by atoms with E-state index in [0.717, 1.165) is 23.4 Å². The van der Waals surface area contributed by atoms with Crippen LogP contribution in [0.25, 0.3) is 0 Å². The summed E-state index contributed by atoms with van der Waals surface area (Å²) in [6, 6.07) is 6.30. The van der Waals surface area contributed by atoms with Gasteiger partial charge in [-0.1, -0.05) is 18.2 Å². The first-order valence-electron chi connectivity index (χ1n) is 7.24. The Hall–Kier alpha value is -2.01. The van der Waals surface area contributed by atoms with Gasteiger partial charge in [0.15, 0.2) is 0 Å². The molecule has 2 N–H and O–H groups in total. The van der Waals surface area contributed by atoms with Crippen LogP contribution in [0.1, 0.15) is 25.0 Å². The first-order chi connectivity index (χ1) is 10.1. The minimum atomic E-state index is -0.121. The van der Waals surface area contributed by atoms with Crippen LogP contribution in [-0.2, 0) is 19.5 Å². The largest absolute Gasteiger partial charge is 0.487 e. The normalized spacial score (nSPS) is 15.6. The van der Waals surface area contributed by atoms with Gasteiger partial charge < -0.3 is 15.2 Å². The topological polar surface area (TPSA) is 59.3 Å². The lowest BCUT2D eigenvalue weighted by Crippen LogP contribution is -2.25. The average Bonchev–Trinajstić information content (AvgIpc) is 2.99. The smallest absolute Gasteiger partial charge is 0.128 e. The van der Waals surface area contributed by atoms with Gasteiger partial charge in [0, 0.05) is 24.7 Å². The Morgan fingerprint density at radius 1 is 1.43 bits per heavy atom. The zero-order valence-corrected chi connectivity index (χ0v) is 12.5. The van der Waals surface area contributed by atoms with E-state index < -0.39 is 0 Å². The van der Waals surface area contributed by atoms with Crippen LogP contribution in [0.3, 0.4) is 0 Å². The molecule has 3 rings (SSSR count). The van der Waals surface area contributed by atoms with Gasteiger partial charge in [-0.15, -0.1) is 0 Å². The monoisotopic (exact) mass is 287 g/mol.